The number of hydrogen-bond donors (Lipinski definition) is 2. The number of benzene rings is 1. The van der Waals surface area contributed by atoms with E-state index in [0.717, 1.165) is 19.4 Å². The molecule has 110 valence electrons. The van der Waals surface area contributed by atoms with Crippen molar-refractivity contribution in [2.45, 2.75) is 58.0 Å². The number of nitrogens with one attached hydrogen (secondary N) is 2. The van der Waals surface area contributed by atoms with Crippen LogP contribution in [0.2, 0.25) is 0 Å². The normalized spacial score (nSPS) is 18.8. The third-order valence-electron chi connectivity index (χ3n) is 4.05. The highest BCUT2D eigenvalue weighted by atomic mass is 16.1. The molecule has 0 aliphatic carbocycles. The summed E-state index contributed by atoms with van der Waals surface area (Å²) in [6, 6.07) is 9.00. The first kappa shape index (κ1) is 15.0. The van der Waals surface area contributed by atoms with Gasteiger partial charge in [0.2, 0.25) is 5.91 Å². The minimum Gasteiger partial charge on any atom is -0.352 e. The average molecular weight is 274 g/mol. The van der Waals surface area contributed by atoms with Gasteiger partial charge in [0.1, 0.15) is 0 Å². The lowest BCUT2D eigenvalue weighted by molar-refractivity contribution is -0.121. The molecule has 1 unspecified atom stereocenters. The van der Waals surface area contributed by atoms with E-state index in [1.165, 1.54) is 30.4 Å². The molecule has 3 nitrogen and oxygen atoms in total. The van der Waals surface area contributed by atoms with Gasteiger partial charge < -0.3 is 10.6 Å². The first-order chi connectivity index (χ1) is 9.78. The molecule has 1 aliphatic heterocycles. The van der Waals surface area contributed by atoms with E-state index in [-0.39, 0.29) is 5.91 Å². The molecule has 1 aliphatic rings. The molecule has 2 N–H and O–H groups in total. The number of carbonyl (C=O) groups excluding carboxylic acids is 1. The van der Waals surface area contributed by atoms with Crippen molar-refractivity contribution in [1.29, 1.82) is 0 Å². The molecule has 20 heavy (non-hydrogen) atoms. The molecule has 0 saturated carbocycles. The Balaban J connectivity index is 1.66. The van der Waals surface area contributed by atoms with Gasteiger partial charge in [-0.25, -0.2) is 0 Å². The summed E-state index contributed by atoms with van der Waals surface area (Å²) in [5, 5.41) is 6.49. The summed E-state index contributed by atoms with van der Waals surface area (Å²) in [7, 11) is 0. The standard InChI is InChI=1S/C17H26N2O/c1-2-14-6-8-15(9-7-14)13-19-17(20)11-10-16-5-3-4-12-18-16/h6-9,16,18H,2-5,10-13H2,1H3,(H,19,20). The van der Waals surface area contributed by atoms with E-state index in [9.17, 15) is 4.79 Å². The summed E-state index contributed by atoms with van der Waals surface area (Å²) >= 11 is 0. The predicted octanol–water partition coefficient (Wildman–Crippen LogP) is 2.79. The smallest absolute Gasteiger partial charge is 0.220 e. The maximum Gasteiger partial charge on any atom is 0.220 e. The van der Waals surface area contributed by atoms with Crippen LogP contribution in [0.1, 0.15) is 50.2 Å². The SMILES string of the molecule is CCc1ccc(CNC(=O)CCC2CCCCN2)cc1. The molecule has 1 amide bonds. The van der Waals surface area contributed by atoms with Gasteiger partial charge in [-0.15, -0.1) is 0 Å². The second kappa shape index (κ2) is 8.05. The molecule has 1 aromatic carbocycles. The Bertz CT molecular complexity index is 408. The van der Waals surface area contributed by atoms with E-state index < -0.39 is 0 Å². The summed E-state index contributed by atoms with van der Waals surface area (Å²) in [6.07, 6.45) is 6.43. The molecule has 1 heterocycles. The Hall–Kier alpha value is -1.35. The molecule has 2 rings (SSSR count). The van der Waals surface area contributed by atoms with E-state index in [0.29, 0.717) is 19.0 Å². The highest BCUT2D eigenvalue weighted by molar-refractivity contribution is 5.75. The number of rotatable bonds is 6. The molecular weight excluding hydrogens is 248 g/mol. The number of hydrogen-bond acceptors (Lipinski definition) is 2. The van der Waals surface area contributed by atoms with Crippen LogP contribution in [0.15, 0.2) is 24.3 Å². The van der Waals surface area contributed by atoms with Gasteiger partial charge in [-0.3, -0.25) is 4.79 Å². The summed E-state index contributed by atoms with van der Waals surface area (Å²) in [5.41, 5.74) is 2.51. The van der Waals surface area contributed by atoms with Crippen molar-refractivity contribution in [3.63, 3.8) is 0 Å². The van der Waals surface area contributed by atoms with Gasteiger partial charge in [0.05, 0.1) is 0 Å². The summed E-state index contributed by atoms with van der Waals surface area (Å²) < 4.78 is 0. The van der Waals surface area contributed by atoms with Crippen molar-refractivity contribution in [2.24, 2.45) is 0 Å². The molecule has 1 atom stereocenters. The zero-order valence-corrected chi connectivity index (χ0v) is 12.5. The van der Waals surface area contributed by atoms with Crippen LogP contribution in [-0.4, -0.2) is 18.5 Å². The molecule has 3 heteroatoms. The zero-order valence-electron chi connectivity index (χ0n) is 12.5. The molecule has 0 spiro atoms. The molecule has 1 fully saturated rings. The lowest BCUT2D eigenvalue weighted by Gasteiger charge is -2.23. The molecule has 0 bridgehead atoms. The topological polar surface area (TPSA) is 41.1 Å². The van der Waals surface area contributed by atoms with Crippen LogP contribution < -0.4 is 10.6 Å². The van der Waals surface area contributed by atoms with E-state index in [1.54, 1.807) is 0 Å². The minimum atomic E-state index is 0.164. The molecular formula is C17H26N2O. The Labute approximate surface area is 122 Å². The van der Waals surface area contributed by atoms with Gasteiger partial charge in [0.25, 0.3) is 0 Å². The van der Waals surface area contributed by atoms with Crippen LogP contribution >= 0.6 is 0 Å². The van der Waals surface area contributed by atoms with E-state index in [2.05, 4.69) is 41.8 Å². The highest BCUT2D eigenvalue weighted by Gasteiger charge is 2.13. The zero-order chi connectivity index (χ0) is 14.2. The Morgan fingerprint density at radius 3 is 2.65 bits per heavy atom. The van der Waals surface area contributed by atoms with Gasteiger partial charge >= 0.3 is 0 Å². The van der Waals surface area contributed by atoms with Crippen LogP contribution in [-0.2, 0) is 17.8 Å². The van der Waals surface area contributed by atoms with Crippen LogP contribution in [0.25, 0.3) is 0 Å². The Morgan fingerprint density at radius 1 is 1.25 bits per heavy atom. The third-order valence-corrected chi connectivity index (χ3v) is 4.05. The maximum absolute atomic E-state index is 11.8. The first-order valence-corrected chi connectivity index (χ1v) is 7.86. The summed E-state index contributed by atoms with van der Waals surface area (Å²) in [4.78, 5) is 11.8. The fourth-order valence-corrected chi connectivity index (χ4v) is 2.66. The lowest BCUT2D eigenvalue weighted by atomic mass is 10.0. The number of amides is 1. The van der Waals surface area contributed by atoms with Crippen LogP contribution in [0.4, 0.5) is 0 Å². The summed E-state index contributed by atoms with van der Waals surface area (Å²) in [6.45, 7) is 3.90. The minimum absolute atomic E-state index is 0.164. The van der Waals surface area contributed by atoms with E-state index in [1.807, 2.05) is 0 Å². The molecule has 0 aromatic heterocycles. The van der Waals surface area contributed by atoms with Crippen molar-refractivity contribution in [2.75, 3.05) is 6.54 Å². The van der Waals surface area contributed by atoms with Crippen molar-refractivity contribution >= 4 is 5.91 Å². The number of carbonyl (C=O) groups is 1. The van der Waals surface area contributed by atoms with Gasteiger partial charge in [-0.05, 0) is 43.4 Å². The van der Waals surface area contributed by atoms with Crippen molar-refractivity contribution in [1.82, 2.24) is 10.6 Å². The largest absolute Gasteiger partial charge is 0.352 e. The quantitative estimate of drug-likeness (QED) is 0.837. The first-order valence-electron chi connectivity index (χ1n) is 7.86. The van der Waals surface area contributed by atoms with Gasteiger partial charge in [-0.1, -0.05) is 37.6 Å². The third kappa shape index (κ3) is 4.97. The predicted molar refractivity (Wildman–Crippen MR) is 82.5 cm³/mol. The fourth-order valence-electron chi connectivity index (χ4n) is 2.66. The van der Waals surface area contributed by atoms with Crippen LogP contribution in [0.5, 0.6) is 0 Å². The van der Waals surface area contributed by atoms with Crippen molar-refractivity contribution < 1.29 is 4.79 Å². The van der Waals surface area contributed by atoms with Gasteiger partial charge in [-0.2, -0.15) is 0 Å². The molecule has 1 aromatic rings. The van der Waals surface area contributed by atoms with Gasteiger partial charge in [0.15, 0.2) is 0 Å². The maximum atomic E-state index is 11.8. The van der Waals surface area contributed by atoms with Gasteiger partial charge in [0, 0.05) is 19.0 Å². The van der Waals surface area contributed by atoms with E-state index >= 15 is 0 Å². The second-order valence-electron chi connectivity index (χ2n) is 5.63. The molecule has 1 saturated heterocycles. The monoisotopic (exact) mass is 274 g/mol. The van der Waals surface area contributed by atoms with Crippen LogP contribution in [0.3, 0.4) is 0 Å². The lowest BCUT2D eigenvalue weighted by Crippen LogP contribution is -2.35. The second-order valence-corrected chi connectivity index (χ2v) is 5.63. The number of aryl methyl sites for hydroxylation is 1. The van der Waals surface area contributed by atoms with Crippen molar-refractivity contribution in [3.8, 4) is 0 Å². The van der Waals surface area contributed by atoms with E-state index in [4.69, 9.17) is 0 Å². The summed E-state index contributed by atoms with van der Waals surface area (Å²) in [5.74, 6) is 0.164. The van der Waals surface area contributed by atoms with Crippen molar-refractivity contribution in [3.05, 3.63) is 35.4 Å². The molecule has 0 radical (unpaired) electrons. The fraction of sp³-hybridized carbons (Fsp3) is 0.588. The Kier molecular flexibility index (Phi) is 6.06. The Morgan fingerprint density at radius 2 is 2.00 bits per heavy atom. The number of piperidine rings is 1. The highest BCUT2D eigenvalue weighted by Crippen LogP contribution is 2.11. The average Bonchev–Trinajstić information content (AvgIpc) is 2.52. The van der Waals surface area contributed by atoms with Crippen LogP contribution in [0, 0.1) is 0 Å².